The summed E-state index contributed by atoms with van der Waals surface area (Å²) in [5.74, 6) is 0.427. The molecule has 34 heavy (non-hydrogen) atoms. The van der Waals surface area contributed by atoms with Crippen LogP contribution in [0.15, 0.2) is 48.5 Å². The lowest BCUT2D eigenvalue weighted by molar-refractivity contribution is 0.0784. The van der Waals surface area contributed by atoms with E-state index in [0.29, 0.717) is 30.4 Å². The van der Waals surface area contributed by atoms with Crippen LogP contribution in [-0.4, -0.2) is 40.1 Å². The highest BCUT2D eigenvalue weighted by Crippen LogP contribution is 2.30. The fraction of sp³-hybridized carbons (Fsp3) is 0.538. The molecule has 0 spiro atoms. The van der Waals surface area contributed by atoms with Crippen molar-refractivity contribution in [3.8, 4) is 11.1 Å². The topological polar surface area (TPSA) is 67.4 Å². The average molecular weight is 497 g/mol. The predicted octanol–water partition coefficient (Wildman–Crippen LogP) is 5.27. The molecule has 0 fully saturated rings. The smallest absolute Gasteiger partial charge is 0.214 e. The van der Waals surface area contributed by atoms with Crippen LogP contribution in [0.1, 0.15) is 52.7 Å². The predicted molar refractivity (Wildman–Crippen MR) is 135 cm³/mol. The fourth-order valence-electron chi connectivity index (χ4n) is 3.28. The van der Waals surface area contributed by atoms with Crippen molar-refractivity contribution in [3.63, 3.8) is 0 Å². The summed E-state index contributed by atoms with van der Waals surface area (Å²) in [5, 5.41) is 2.37. The van der Waals surface area contributed by atoms with Crippen LogP contribution in [0.2, 0.25) is 0 Å². The quantitative estimate of drug-likeness (QED) is 0.293. The van der Waals surface area contributed by atoms with E-state index in [1.807, 2.05) is 12.1 Å². The van der Waals surface area contributed by atoms with E-state index in [9.17, 15) is 8.42 Å². The van der Waals surface area contributed by atoms with E-state index >= 15 is 8.78 Å². The SMILES string of the molecule is CC(C)COCNCC(C)(F)c1ccc(-c2ccc(C(C)(F)CNS(=O)(=O)C(C)C)cc2)cc1. The Kier molecular flexibility index (Phi) is 9.77. The van der Waals surface area contributed by atoms with Crippen LogP contribution < -0.4 is 10.0 Å². The summed E-state index contributed by atoms with van der Waals surface area (Å²) in [6.07, 6.45) is 0. The van der Waals surface area contributed by atoms with Gasteiger partial charge in [-0.15, -0.1) is 0 Å². The molecule has 2 N–H and O–H groups in total. The van der Waals surface area contributed by atoms with Crippen molar-refractivity contribution in [2.24, 2.45) is 5.92 Å². The van der Waals surface area contributed by atoms with E-state index in [1.54, 1.807) is 50.2 Å². The van der Waals surface area contributed by atoms with Gasteiger partial charge in [-0.3, -0.25) is 5.32 Å². The van der Waals surface area contributed by atoms with Gasteiger partial charge in [-0.1, -0.05) is 62.4 Å². The van der Waals surface area contributed by atoms with Crippen molar-refractivity contribution in [2.75, 3.05) is 26.4 Å². The molecular weight excluding hydrogens is 458 g/mol. The van der Waals surface area contributed by atoms with Gasteiger partial charge in [0.1, 0.15) is 11.3 Å². The van der Waals surface area contributed by atoms with Crippen molar-refractivity contribution in [3.05, 3.63) is 59.7 Å². The van der Waals surface area contributed by atoms with Crippen LogP contribution in [0.25, 0.3) is 11.1 Å². The highest BCUT2D eigenvalue weighted by molar-refractivity contribution is 7.90. The van der Waals surface area contributed by atoms with Crippen LogP contribution in [0, 0.1) is 5.92 Å². The summed E-state index contributed by atoms with van der Waals surface area (Å²) in [5.41, 5.74) is -0.746. The number of halogens is 2. The van der Waals surface area contributed by atoms with E-state index in [-0.39, 0.29) is 13.1 Å². The minimum atomic E-state index is -3.55. The zero-order valence-corrected chi connectivity index (χ0v) is 21.8. The van der Waals surface area contributed by atoms with Crippen LogP contribution in [0.5, 0.6) is 0 Å². The third-order valence-corrected chi connectivity index (χ3v) is 7.43. The van der Waals surface area contributed by atoms with E-state index in [0.717, 1.165) is 11.1 Å². The van der Waals surface area contributed by atoms with Gasteiger partial charge >= 0.3 is 0 Å². The Balaban J connectivity index is 2.02. The summed E-state index contributed by atoms with van der Waals surface area (Å²) in [7, 11) is -3.55. The molecule has 5 nitrogen and oxygen atoms in total. The molecule has 0 amide bonds. The maximum absolute atomic E-state index is 15.1. The minimum absolute atomic E-state index is 0.134. The monoisotopic (exact) mass is 496 g/mol. The lowest BCUT2D eigenvalue weighted by Gasteiger charge is -2.23. The standard InChI is InChI=1S/C26H38F2N2O3S/c1-19(2)15-33-18-29-16-25(5,27)23-11-7-21(8-12-23)22-9-13-24(14-10-22)26(6,28)17-30-34(31,32)20(3)4/h7-14,19-20,29-30H,15-18H2,1-6H3. The van der Waals surface area contributed by atoms with E-state index in [2.05, 4.69) is 23.9 Å². The normalized spacial score (nSPS) is 15.9. The first-order chi connectivity index (χ1) is 15.7. The Morgan fingerprint density at radius 3 is 1.68 bits per heavy atom. The molecule has 2 aromatic carbocycles. The van der Waals surface area contributed by atoms with E-state index < -0.39 is 26.6 Å². The number of alkyl halides is 2. The second-order valence-electron chi connectivity index (χ2n) is 9.80. The Bertz CT molecular complexity index is 1000. The van der Waals surface area contributed by atoms with E-state index in [4.69, 9.17) is 4.74 Å². The molecule has 8 heteroatoms. The van der Waals surface area contributed by atoms with Crippen molar-refractivity contribution >= 4 is 10.0 Å². The molecule has 0 aliphatic heterocycles. The van der Waals surface area contributed by atoms with Gasteiger partial charge in [-0.05, 0) is 55.9 Å². The van der Waals surface area contributed by atoms with Gasteiger partial charge in [0.25, 0.3) is 0 Å². The van der Waals surface area contributed by atoms with Gasteiger partial charge in [0, 0.05) is 13.1 Å². The molecule has 0 heterocycles. The van der Waals surface area contributed by atoms with Crippen LogP contribution in [0.3, 0.4) is 0 Å². The van der Waals surface area contributed by atoms with Gasteiger partial charge in [0.15, 0.2) is 0 Å². The number of rotatable bonds is 13. The third kappa shape index (κ3) is 8.12. The van der Waals surface area contributed by atoms with Gasteiger partial charge in [0.2, 0.25) is 10.0 Å². The molecule has 0 saturated heterocycles. The Morgan fingerprint density at radius 2 is 1.26 bits per heavy atom. The summed E-state index contributed by atoms with van der Waals surface area (Å²) < 4.78 is 61.9. The largest absolute Gasteiger partial charge is 0.366 e. The maximum Gasteiger partial charge on any atom is 0.214 e. The average Bonchev–Trinajstić information content (AvgIpc) is 2.77. The highest BCUT2D eigenvalue weighted by atomic mass is 32.2. The molecule has 2 aromatic rings. The van der Waals surface area contributed by atoms with Crippen LogP contribution in [-0.2, 0) is 26.1 Å². The Labute approximate surface area is 203 Å². The van der Waals surface area contributed by atoms with Gasteiger partial charge in [-0.25, -0.2) is 21.9 Å². The molecule has 2 atom stereocenters. The van der Waals surface area contributed by atoms with Crippen molar-refractivity contribution in [2.45, 2.75) is 58.1 Å². The second-order valence-corrected chi connectivity index (χ2v) is 12.1. The lowest BCUT2D eigenvalue weighted by atomic mass is 9.93. The highest BCUT2D eigenvalue weighted by Gasteiger charge is 2.29. The second kappa shape index (κ2) is 11.7. The maximum atomic E-state index is 15.1. The number of ether oxygens (including phenoxy) is 1. The third-order valence-electron chi connectivity index (χ3n) is 5.65. The molecule has 0 aliphatic rings. The number of nitrogens with one attached hydrogen (secondary N) is 2. The molecular formula is C26H38F2N2O3S. The molecule has 190 valence electrons. The molecule has 2 unspecified atom stereocenters. The molecule has 0 radical (unpaired) electrons. The molecule has 0 bridgehead atoms. The van der Waals surface area contributed by atoms with Crippen LogP contribution in [0.4, 0.5) is 8.78 Å². The Hall–Kier alpha value is -1.87. The van der Waals surface area contributed by atoms with Crippen molar-refractivity contribution in [1.29, 1.82) is 0 Å². The molecule has 0 aliphatic carbocycles. The first kappa shape index (κ1) is 28.4. The summed E-state index contributed by atoms with van der Waals surface area (Å²) in [4.78, 5) is 0. The van der Waals surface area contributed by atoms with Crippen molar-refractivity contribution < 1.29 is 21.9 Å². The van der Waals surface area contributed by atoms with Gasteiger partial charge in [-0.2, -0.15) is 0 Å². The summed E-state index contributed by atoms with van der Waals surface area (Å²) in [6, 6.07) is 14.0. The van der Waals surface area contributed by atoms with E-state index in [1.165, 1.54) is 13.8 Å². The minimum Gasteiger partial charge on any atom is -0.366 e. The first-order valence-electron chi connectivity index (χ1n) is 11.6. The number of hydrogen-bond donors (Lipinski definition) is 2. The molecule has 0 saturated carbocycles. The Morgan fingerprint density at radius 1 is 0.824 bits per heavy atom. The number of sulfonamides is 1. The summed E-state index contributed by atoms with van der Waals surface area (Å²) >= 11 is 0. The lowest BCUT2D eigenvalue weighted by Crippen LogP contribution is -2.39. The summed E-state index contributed by atoms with van der Waals surface area (Å²) in [6.45, 7) is 10.8. The molecule has 2 rings (SSSR count). The van der Waals surface area contributed by atoms with Crippen LogP contribution >= 0.6 is 0 Å². The molecule has 0 aromatic heterocycles. The van der Waals surface area contributed by atoms with Gasteiger partial charge < -0.3 is 4.74 Å². The number of hydrogen-bond acceptors (Lipinski definition) is 4. The van der Waals surface area contributed by atoms with Crippen molar-refractivity contribution in [1.82, 2.24) is 10.0 Å². The first-order valence-corrected chi connectivity index (χ1v) is 13.2. The number of benzene rings is 2. The van der Waals surface area contributed by atoms with Gasteiger partial charge in [0.05, 0.1) is 18.6 Å². The zero-order valence-electron chi connectivity index (χ0n) is 21.0. The fourth-order valence-corrected chi connectivity index (χ4v) is 4.09. The zero-order chi connectivity index (χ0) is 25.6.